The molecule has 100 valence electrons. The fraction of sp³-hybridized carbons (Fsp3) is 0.786. The lowest BCUT2D eigenvalue weighted by Gasteiger charge is -2.21. The molecule has 0 amide bonds. The average Bonchev–Trinajstić information content (AvgIpc) is 2.96. The van der Waals surface area contributed by atoms with E-state index >= 15 is 0 Å². The second-order valence-electron chi connectivity index (χ2n) is 5.62. The third kappa shape index (κ3) is 2.60. The minimum Gasteiger partial charge on any atom is -0.396 e. The minimum absolute atomic E-state index is 0.287. The van der Waals surface area contributed by atoms with Gasteiger partial charge in [0.2, 0.25) is 0 Å². The highest BCUT2D eigenvalue weighted by Crippen LogP contribution is 2.36. The molecule has 1 aromatic heterocycles. The van der Waals surface area contributed by atoms with Crippen LogP contribution in [0.3, 0.4) is 0 Å². The number of hydrogen-bond donors (Lipinski definition) is 2. The summed E-state index contributed by atoms with van der Waals surface area (Å²) in [5, 5.41) is 14.1. The predicted octanol–water partition coefficient (Wildman–Crippen LogP) is 2.44. The first-order chi connectivity index (χ1) is 8.78. The Bertz CT molecular complexity index is 392. The summed E-state index contributed by atoms with van der Waals surface area (Å²) < 4.78 is 0. The largest absolute Gasteiger partial charge is 0.396 e. The van der Waals surface area contributed by atoms with Crippen molar-refractivity contribution in [3.8, 4) is 0 Å². The molecule has 1 heterocycles. The molecule has 0 aliphatic heterocycles. The van der Waals surface area contributed by atoms with E-state index in [4.69, 9.17) is 10.1 Å². The topological polar surface area (TPSA) is 45.1 Å². The van der Waals surface area contributed by atoms with Crippen LogP contribution in [0, 0.1) is 5.92 Å². The van der Waals surface area contributed by atoms with Gasteiger partial charge in [0.15, 0.2) is 0 Å². The second kappa shape index (κ2) is 5.27. The van der Waals surface area contributed by atoms with E-state index in [1.165, 1.54) is 47.7 Å². The monoisotopic (exact) mass is 266 g/mol. The van der Waals surface area contributed by atoms with E-state index in [1.54, 1.807) is 0 Å². The lowest BCUT2D eigenvalue weighted by molar-refractivity contribution is 0.250. The lowest BCUT2D eigenvalue weighted by atomic mass is 10.1. The molecule has 2 atom stereocenters. The summed E-state index contributed by atoms with van der Waals surface area (Å²) in [5.41, 5.74) is 1.34. The normalized spacial score (nSPS) is 21.9. The molecule has 1 aromatic rings. The molecule has 1 saturated carbocycles. The molecule has 0 spiro atoms. The summed E-state index contributed by atoms with van der Waals surface area (Å²) in [6, 6.07) is 0.807. The van der Waals surface area contributed by atoms with Crippen LogP contribution in [0.15, 0.2) is 0 Å². The van der Waals surface area contributed by atoms with Crippen LogP contribution in [-0.2, 0) is 12.8 Å². The molecule has 0 saturated heterocycles. The summed E-state index contributed by atoms with van der Waals surface area (Å²) in [6.45, 7) is 2.50. The van der Waals surface area contributed by atoms with Crippen molar-refractivity contribution >= 4 is 11.3 Å². The maximum absolute atomic E-state index is 9.14. The zero-order chi connectivity index (χ0) is 12.5. The number of hydrogen-bond acceptors (Lipinski definition) is 4. The summed E-state index contributed by atoms with van der Waals surface area (Å²) in [6.07, 6.45) is 7.19. The maximum Gasteiger partial charge on any atom is 0.110 e. The van der Waals surface area contributed by atoms with Crippen molar-refractivity contribution in [1.82, 2.24) is 10.3 Å². The van der Waals surface area contributed by atoms with E-state index in [9.17, 15) is 0 Å². The highest BCUT2D eigenvalue weighted by molar-refractivity contribution is 7.11. The molecule has 1 fully saturated rings. The third-order valence-electron chi connectivity index (χ3n) is 4.08. The van der Waals surface area contributed by atoms with E-state index in [0.29, 0.717) is 12.1 Å². The van der Waals surface area contributed by atoms with Gasteiger partial charge in [-0.3, -0.25) is 0 Å². The SMILES string of the molecule is CC(NC(CCO)C1CC1)c1nc2c(s1)CCC2. The van der Waals surface area contributed by atoms with Crippen molar-refractivity contribution in [2.45, 2.75) is 57.5 Å². The molecule has 3 rings (SSSR count). The Balaban J connectivity index is 1.63. The van der Waals surface area contributed by atoms with Gasteiger partial charge in [0.05, 0.1) is 11.7 Å². The number of fused-ring (bicyclic) bond motifs is 1. The standard InChI is InChI=1S/C14H22N2OS/c1-9(15-11(7-8-17)10-5-6-10)14-16-12-3-2-4-13(12)18-14/h9-11,15,17H,2-8H2,1H3. The number of nitrogens with one attached hydrogen (secondary N) is 1. The fourth-order valence-corrected chi connectivity index (χ4v) is 4.05. The molecule has 18 heavy (non-hydrogen) atoms. The number of aryl methyl sites for hydroxylation is 2. The van der Waals surface area contributed by atoms with Gasteiger partial charge in [-0.05, 0) is 51.4 Å². The number of aliphatic hydroxyl groups is 1. The number of nitrogens with zero attached hydrogens (tertiary/aromatic N) is 1. The van der Waals surface area contributed by atoms with Crippen LogP contribution in [0.25, 0.3) is 0 Å². The first-order valence-electron chi connectivity index (χ1n) is 7.13. The zero-order valence-electron chi connectivity index (χ0n) is 11.0. The van der Waals surface area contributed by atoms with Gasteiger partial charge in [-0.25, -0.2) is 4.98 Å². The molecule has 2 aliphatic rings. The van der Waals surface area contributed by atoms with Crippen molar-refractivity contribution in [3.63, 3.8) is 0 Å². The average molecular weight is 266 g/mol. The van der Waals surface area contributed by atoms with Gasteiger partial charge >= 0.3 is 0 Å². The molecular weight excluding hydrogens is 244 g/mol. The van der Waals surface area contributed by atoms with Crippen LogP contribution < -0.4 is 5.32 Å². The van der Waals surface area contributed by atoms with Crippen LogP contribution >= 0.6 is 11.3 Å². The Labute approximate surface area is 113 Å². The summed E-state index contributed by atoms with van der Waals surface area (Å²) >= 11 is 1.89. The quantitative estimate of drug-likeness (QED) is 0.831. The van der Waals surface area contributed by atoms with Crippen molar-refractivity contribution in [3.05, 3.63) is 15.6 Å². The minimum atomic E-state index is 0.287. The molecule has 0 bridgehead atoms. The Hall–Kier alpha value is -0.450. The van der Waals surface area contributed by atoms with Crippen molar-refractivity contribution < 1.29 is 5.11 Å². The molecule has 2 aliphatic carbocycles. The summed E-state index contributed by atoms with van der Waals surface area (Å²) in [5.74, 6) is 0.784. The van der Waals surface area contributed by atoms with E-state index in [0.717, 1.165) is 12.3 Å². The molecule has 0 aromatic carbocycles. The first kappa shape index (κ1) is 12.6. The predicted molar refractivity (Wildman–Crippen MR) is 73.9 cm³/mol. The van der Waals surface area contributed by atoms with Gasteiger partial charge < -0.3 is 10.4 Å². The molecule has 3 nitrogen and oxygen atoms in total. The third-order valence-corrected chi connectivity index (χ3v) is 5.42. The molecule has 4 heteroatoms. The van der Waals surface area contributed by atoms with Crippen LogP contribution in [-0.4, -0.2) is 22.7 Å². The Kier molecular flexibility index (Phi) is 3.68. The summed E-state index contributed by atoms with van der Waals surface area (Å²) in [4.78, 5) is 6.28. The number of aliphatic hydroxyl groups excluding tert-OH is 1. The number of rotatable bonds is 6. The Morgan fingerprint density at radius 1 is 1.44 bits per heavy atom. The zero-order valence-corrected chi connectivity index (χ0v) is 11.8. The van der Waals surface area contributed by atoms with Gasteiger partial charge in [0.1, 0.15) is 5.01 Å². The van der Waals surface area contributed by atoms with Crippen molar-refractivity contribution in [2.24, 2.45) is 5.92 Å². The first-order valence-corrected chi connectivity index (χ1v) is 7.95. The maximum atomic E-state index is 9.14. The Morgan fingerprint density at radius 2 is 2.28 bits per heavy atom. The van der Waals surface area contributed by atoms with Crippen molar-refractivity contribution in [2.75, 3.05) is 6.61 Å². The molecule has 2 unspecified atom stereocenters. The highest BCUT2D eigenvalue weighted by atomic mass is 32.1. The van der Waals surface area contributed by atoms with E-state index < -0.39 is 0 Å². The van der Waals surface area contributed by atoms with E-state index in [1.807, 2.05) is 11.3 Å². The fourth-order valence-electron chi connectivity index (χ4n) is 2.88. The van der Waals surface area contributed by atoms with Crippen LogP contribution in [0.1, 0.15) is 54.2 Å². The van der Waals surface area contributed by atoms with Gasteiger partial charge in [0, 0.05) is 17.5 Å². The second-order valence-corrected chi connectivity index (χ2v) is 6.74. The molecular formula is C14H22N2OS. The van der Waals surface area contributed by atoms with Crippen LogP contribution in [0.5, 0.6) is 0 Å². The smallest absolute Gasteiger partial charge is 0.110 e. The van der Waals surface area contributed by atoms with Gasteiger partial charge in [-0.15, -0.1) is 11.3 Å². The number of thiazole rings is 1. The molecule has 0 radical (unpaired) electrons. The number of aromatic nitrogens is 1. The van der Waals surface area contributed by atoms with Crippen molar-refractivity contribution in [1.29, 1.82) is 0 Å². The van der Waals surface area contributed by atoms with Gasteiger partial charge in [-0.2, -0.15) is 0 Å². The lowest BCUT2D eigenvalue weighted by Crippen LogP contribution is -2.34. The van der Waals surface area contributed by atoms with E-state index in [2.05, 4.69) is 12.2 Å². The highest BCUT2D eigenvalue weighted by Gasteiger charge is 2.32. The summed E-state index contributed by atoms with van der Waals surface area (Å²) in [7, 11) is 0. The Morgan fingerprint density at radius 3 is 2.94 bits per heavy atom. The van der Waals surface area contributed by atoms with Crippen LogP contribution in [0.4, 0.5) is 0 Å². The van der Waals surface area contributed by atoms with Crippen LogP contribution in [0.2, 0.25) is 0 Å². The van der Waals surface area contributed by atoms with Gasteiger partial charge in [-0.1, -0.05) is 0 Å². The molecule has 2 N–H and O–H groups in total. The van der Waals surface area contributed by atoms with Gasteiger partial charge in [0.25, 0.3) is 0 Å². The van der Waals surface area contributed by atoms with E-state index in [-0.39, 0.29) is 6.61 Å².